The molecule has 6 rings (SSSR count). The van der Waals surface area contributed by atoms with Crippen molar-refractivity contribution in [2.45, 2.75) is 32.3 Å². The van der Waals surface area contributed by atoms with Crippen molar-refractivity contribution in [3.05, 3.63) is 102 Å². The zero-order valence-electron chi connectivity index (χ0n) is 19.8. The lowest BCUT2D eigenvalue weighted by molar-refractivity contribution is 0.102. The Balaban J connectivity index is 1.32. The summed E-state index contributed by atoms with van der Waals surface area (Å²) in [5.74, 6) is 1.47. The first-order valence-electron chi connectivity index (χ1n) is 11.9. The highest BCUT2D eigenvalue weighted by atomic mass is 16.5. The summed E-state index contributed by atoms with van der Waals surface area (Å²) >= 11 is 0. The number of hydrogen-bond donors (Lipinski definition) is 1. The van der Waals surface area contributed by atoms with E-state index in [-0.39, 0.29) is 5.91 Å². The van der Waals surface area contributed by atoms with Gasteiger partial charge in [-0.2, -0.15) is 9.78 Å². The molecule has 0 saturated heterocycles. The highest BCUT2D eigenvalue weighted by molar-refractivity contribution is 6.13. The van der Waals surface area contributed by atoms with Crippen molar-refractivity contribution < 1.29 is 9.53 Å². The standard InChI is InChI=1S/C28H24N6O2/c1-18-26-23(16-24(19-11-12-19)32-27(26)34(33-18)25-10-3-5-14-30-25)28(35)31-20-8-6-9-22(15-20)36-17-21-7-2-4-13-29-21/h2-10,13-16,19H,11-12,17H2,1H3,(H,31,35). The number of hydrogen-bond acceptors (Lipinski definition) is 6. The number of benzene rings is 1. The summed E-state index contributed by atoms with van der Waals surface area (Å²) in [6.07, 6.45) is 5.61. The molecule has 0 unspecified atom stereocenters. The monoisotopic (exact) mass is 476 g/mol. The SMILES string of the molecule is Cc1nn(-c2ccccn2)c2nc(C3CC3)cc(C(=O)Nc3cccc(OCc4ccccn4)c3)c12. The zero-order valence-corrected chi connectivity index (χ0v) is 19.8. The number of nitrogens with zero attached hydrogens (tertiary/aromatic N) is 5. The highest BCUT2D eigenvalue weighted by Crippen LogP contribution is 2.40. The fraction of sp³-hybridized carbons (Fsp3) is 0.179. The van der Waals surface area contributed by atoms with Gasteiger partial charge in [0, 0.05) is 35.8 Å². The molecule has 178 valence electrons. The van der Waals surface area contributed by atoms with Crippen molar-refractivity contribution in [2.24, 2.45) is 0 Å². The molecule has 0 radical (unpaired) electrons. The van der Waals surface area contributed by atoms with Gasteiger partial charge in [-0.1, -0.05) is 18.2 Å². The van der Waals surface area contributed by atoms with E-state index in [9.17, 15) is 4.79 Å². The number of aromatic nitrogens is 5. The van der Waals surface area contributed by atoms with Crippen LogP contribution in [-0.2, 0) is 6.61 Å². The molecule has 4 heterocycles. The van der Waals surface area contributed by atoms with Crippen molar-refractivity contribution in [3.63, 3.8) is 0 Å². The van der Waals surface area contributed by atoms with Gasteiger partial charge in [0.1, 0.15) is 12.4 Å². The maximum atomic E-state index is 13.6. The first kappa shape index (κ1) is 21.9. The molecule has 8 heteroatoms. The summed E-state index contributed by atoms with van der Waals surface area (Å²) in [5.41, 5.74) is 4.32. The number of nitrogens with one attached hydrogen (secondary N) is 1. The second-order valence-corrected chi connectivity index (χ2v) is 8.84. The van der Waals surface area contributed by atoms with Crippen molar-refractivity contribution in [1.29, 1.82) is 0 Å². The molecule has 1 saturated carbocycles. The van der Waals surface area contributed by atoms with Crippen LogP contribution in [-0.4, -0.2) is 30.6 Å². The van der Waals surface area contributed by atoms with Gasteiger partial charge in [0.15, 0.2) is 11.5 Å². The number of fused-ring (bicyclic) bond motifs is 1. The van der Waals surface area contributed by atoms with E-state index >= 15 is 0 Å². The maximum Gasteiger partial charge on any atom is 0.256 e. The molecule has 0 atom stereocenters. The Bertz CT molecular complexity index is 1550. The number of anilines is 1. The van der Waals surface area contributed by atoms with Crippen LogP contribution < -0.4 is 10.1 Å². The van der Waals surface area contributed by atoms with E-state index in [4.69, 9.17) is 9.72 Å². The van der Waals surface area contributed by atoms with Crippen LogP contribution in [0.5, 0.6) is 5.75 Å². The molecule has 0 aliphatic heterocycles. The average Bonchev–Trinajstić information content (AvgIpc) is 3.72. The van der Waals surface area contributed by atoms with E-state index < -0.39 is 0 Å². The van der Waals surface area contributed by atoms with Gasteiger partial charge >= 0.3 is 0 Å². The Hall–Kier alpha value is -4.59. The van der Waals surface area contributed by atoms with Crippen molar-refractivity contribution in [3.8, 4) is 11.6 Å². The predicted octanol–water partition coefficient (Wildman–Crippen LogP) is 5.23. The number of ether oxygens (including phenoxy) is 1. The lowest BCUT2D eigenvalue weighted by atomic mass is 10.1. The molecule has 1 fully saturated rings. The third kappa shape index (κ3) is 4.40. The van der Waals surface area contributed by atoms with Gasteiger partial charge in [0.25, 0.3) is 5.91 Å². The summed E-state index contributed by atoms with van der Waals surface area (Å²) < 4.78 is 7.60. The second-order valence-electron chi connectivity index (χ2n) is 8.84. The second kappa shape index (κ2) is 9.22. The van der Waals surface area contributed by atoms with Gasteiger partial charge in [-0.3, -0.25) is 9.78 Å². The van der Waals surface area contributed by atoms with Crippen LogP contribution in [0.25, 0.3) is 16.9 Å². The number of pyridine rings is 3. The summed E-state index contributed by atoms with van der Waals surface area (Å²) in [5, 5.41) is 8.45. The average molecular weight is 477 g/mol. The van der Waals surface area contributed by atoms with Crippen molar-refractivity contribution in [2.75, 3.05) is 5.32 Å². The van der Waals surface area contributed by atoms with Crippen LogP contribution >= 0.6 is 0 Å². The highest BCUT2D eigenvalue weighted by Gasteiger charge is 2.29. The molecule has 1 aliphatic carbocycles. The van der Waals surface area contributed by atoms with Gasteiger partial charge in [0.05, 0.1) is 22.3 Å². The number of aryl methyl sites for hydroxylation is 1. The molecule has 0 spiro atoms. The molecule has 1 N–H and O–H groups in total. The quantitative estimate of drug-likeness (QED) is 0.346. The van der Waals surface area contributed by atoms with Crippen LogP contribution in [0.2, 0.25) is 0 Å². The number of carbonyl (C=O) groups excluding carboxylic acids is 1. The smallest absolute Gasteiger partial charge is 0.256 e. The molecule has 1 aromatic carbocycles. The van der Waals surface area contributed by atoms with Crippen LogP contribution in [0.4, 0.5) is 5.69 Å². The van der Waals surface area contributed by atoms with Crippen LogP contribution in [0.3, 0.4) is 0 Å². The molecule has 4 aromatic heterocycles. The molecule has 1 amide bonds. The number of amides is 1. The normalized spacial score (nSPS) is 13.0. The Labute approximate surface area is 208 Å². The van der Waals surface area contributed by atoms with E-state index in [1.807, 2.05) is 73.7 Å². The lowest BCUT2D eigenvalue weighted by Crippen LogP contribution is -2.14. The van der Waals surface area contributed by atoms with E-state index in [0.29, 0.717) is 41.0 Å². The van der Waals surface area contributed by atoms with Crippen molar-refractivity contribution >= 4 is 22.6 Å². The third-order valence-electron chi connectivity index (χ3n) is 6.14. The molecule has 8 nitrogen and oxygen atoms in total. The fourth-order valence-electron chi connectivity index (χ4n) is 4.22. The minimum Gasteiger partial charge on any atom is -0.487 e. The first-order chi connectivity index (χ1) is 17.7. The summed E-state index contributed by atoms with van der Waals surface area (Å²) in [6.45, 7) is 2.24. The first-order valence-corrected chi connectivity index (χ1v) is 11.9. The van der Waals surface area contributed by atoms with E-state index in [0.717, 1.165) is 35.3 Å². The van der Waals surface area contributed by atoms with E-state index in [1.54, 1.807) is 17.1 Å². The van der Waals surface area contributed by atoms with Gasteiger partial charge in [-0.05, 0) is 62.2 Å². The fourth-order valence-corrected chi connectivity index (χ4v) is 4.22. The number of carbonyl (C=O) groups is 1. The third-order valence-corrected chi connectivity index (χ3v) is 6.14. The number of rotatable bonds is 7. The molecule has 1 aliphatic rings. The van der Waals surface area contributed by atoms with Gasteiger partial charge in [-0.25, -0.2) is 9.97 Å². The van der Waals surface area contributed by atoms with E-state index in [2.05, 4.69) is 20.4 Å². The molecule has 5 aromatic rings. The van der Waals surface area contributed by atoms with Gasteiger partial charge in [0.2, 0.25) is 0 Å². The van der Waals surface area contributed by atoms with Crippen LogP contribution in [0.15, 0.2) is 79.1 Å². The molecular weight excluding hydrogens is 452 g/mol. The topological polar surface area (TPSA) is 94.8 Å². The predicted molar refractivity (Wildman–Crippen MR) is 136 cm³/mol. The Kier molecular flexibility index (Phi) is 5.61. The molecule has 0 bridgehead atoms. The maximum absolute atomic E-state index is 13.6. The van der Waals surface area contributed by atoms with Gasteiger partial charge < -0.3 is 10.1 Å². The molecule has 36 heavy (non-hydrogen) atoms. The Morgan fingerprint density at radius 1 is 1.03 bits per heavy atom. The minimum absolute atomic E-state index is 0.213. The van der Waals surface area contributed by atoms with Crippen molar-refractivity contribution in [1.82, 2.24) is 24.7 Å². The summed E-state index contributed by atoms with van der Waals surface area (Å²) in [7, 11) is 0. The zero-order chi connectivity index (χ0) is 24.5. The van der Waals surface area contributed by atoms with E-state index in [1.165, 1.54) is 0 Å². The summed E-state index contributed by atoms with van der Waals surface area (Å²) in [4.78, 5) is 27.2. The minimum atomic E-state index is -0.213. The van der Waals surface area contributed by atoms with Crippen LogP contribution in [0, 0.1) is 6.92 Å². The Morgan fingerprint density at radius 2 is 1.86 bits per heavy atom. The summed E-state index contributed by atoms with van der Waals surface area (Å²) in [6, 6.07) is 20.6. The van der Waals surface area contributed by atoms with Crippen LogP contribution in [0.1, 0.15) is 46.2 Å². The Morgan fingerprint density at radius 3 is 2.61 bits per heavy atom. The largest absolute Gasteiger partial charge is 0.487 e. The lowest BCUT2D eigenvalue weighted by Gasteiger charge is -2.11. The molecular formula is C28H24N6O2. The van der Waals surface area contributed by atoms with Gasteiger partial charge in [-0.15, -0.1) is 0 Å².